The zero-order valence-electron chi connectivity index (χ0n) is 44.1. The molecule has 6 aromatic rings. The van der Waals surface area contributed by atoms with Gasteiger partial charge in [0, 0.05) is 106 Å². The third-order valence-corrected chi connectivity index (χ3v) is 16.2. The van der Waals surface area contributed by atoms with Crippen LogP contribution in [0.4, 0.5) is 11.5 Å². The minimum absolute atomic E-state index is 0.00804. The van der Waals surface area contributed by atoms with Gasteiger partial charge in [-0.25, -0.2) is 0 Å². The van der Waals surface area contributed by atoms with Crippen molar-refractivity contribution in [1.82, 2.24) is 44.3 Å². The van der Waals surface area contributed by atoms with Gasteiger partial charge in [-0.1, -0.05) is 61.8 Å². The lowest BCUT2D eigenvalue weighted by atomic mass is 9.94. The molecule has 0 bridgehead atoms. The lowest BCUT2D eigenvalue weighted by molar-refractivity contribution is -0.139. The standard InChI is InChI=1S/C57H66ClN13O6S/c1-36(2)43-31-44(49(73)32-48(43)72)54-63-64-55(52(60)75)71(54)40-11-9-37(10-12-40)33-66-19-14-39(15-20-66)56(76)67-24-22-65(23-25-67)28-29-77-57-61-46-35-68(47-8-4-6-38-5-3-7-45(58)51(38)47)21-16-42(46)53(62-57)69-26-27-70(50(74)17-30-78)41(34-69)13-18-59/h3-12,31-32,36,39,41,72-73,78H,13-17,19-30,33-35H2,1-2H3,(H2,60,75)/t41-/m0/s1. The Bertz CT molecular complexity index is 3220. The molecule has 1 atom stereocenters. The average Bonchev–Trinajstić information content (AvgIpc) is 4.01. The van der Waals surface area contributed by atoms with E-state index in [9.17, 15) is 29.9 Å². The van der Waals surface area contributed by atoms with Gasteiger partial charge in [0.2, 0.25) is 17.6 Å². The highest BCUT2D eigenvalue weighted by Gasteiger charge is 2.35. The fourth-order valence-corrected chi connectivity index (χ4v) is 12.0. The van der Waals surface area contributed by atoms with Crippen LogP contribution in [0.5, 0.6) is 17.5 Å². The van der Waals surface area contributed by atoms with E-state index in [2.05, 4.69) is 72.8 Å². The smallest absolute Gasteiger partial charge is 0.318 e. The van der Waals surface area contributed by atoms with Crippen molar-refractivity contribution in [2.45, 2.75) is 71.0 Å². The van der Waals surface area contributed by atoms with Gasteiger partial charge in [-0.15, -0.1) is 10.2 Å². The van der Waals surface area contributed by atoms with E-state index in [1.165, 1.54) is 10.6 Å². The van der Waals surface area contributed by atoms with Crippen LogP contribution in [0.1, 0.15) is 78.5 Å². The van der Waals surface area contributed by atoms with Crippen molar-refractivity contribution in [2.75, 3.05) is 94.2 Å². The molecule has 4 aromatic carbocycles. The molecule has 3 amide bonds. The van der Waals surface area contributed by atoms with E-state index >= 15 is 0 Å². The molecule has 4 aliphatic rings. The quantitative estimate of drug-likeness (QED) is 0.0768. The van der Waals surface area contributed by atoms with Gasteiger partial charge >= 0.3 is 6.01 Å². The fourth-order valence-electron chi connectivity index (χ4n) is 11.5. The van der Waals surface area contributed by atoms with Crippen molar-refractivity contribution in [3.63, 3.8) is 0 Å². The van der Waals surface area contributed by atoms with Crippen molar-refractivity contribution in [1.29, 1.82) is 5.26 Å². The fraction of sp³-hybridized carbons (Fsp3) is 0.439. The highest BCUT2D eigenvalue weighted by molar-refractivity contribution is 7.80. The third kappa shape index (κ3) is 11.5. The number of nitrogens with zero attached hydrogens (tertiary/aromatic N) is 12. The first-order valence-electron chi connectivity index (χ1n) is 26.9. The Balaban J connectivity index is 0.739. The first-order valence-corrected chi connectivity index (χ1v) is 27.9. The van der Waals surface area contributed by atoms with Gasteiger partial charge in [0.05, 0.1) is 41.4 Å². The lowest BCUT2D eigenvalue weighted by Crippen LogP contribution is -2.55. The summed E-state index contributed by atoms with van der Waals surface area (Å²) in [6.07, 6.45) is 2.77. The van der Waals surface area contributed by atoms with Gasteiger partial charge in [0.25, 0.3) is 5.91 Å². The van der Waals surface area contributed by atoms with Gasteiger partial charge in [-0.05, 0) is 90.9 Å². The molecule has 4 N–H and O–H groups in total. The van der Waals surface area contributed by atoms with Gasteiger partial charge in [-0.3, -0.25) is 28.8 Å². The van der Waals surface area contributed by atoms with E-state index in [0.29, 0.717) is 99.4 Å². The number of likely N-dealkylation sites (tertiary alicyclic amines) is 1. The van der Waals surface area contributed by atoms with Gasteiger partial charge in [0.15, 0.2) is 5.82 Å². The molecule has 78 heavy (non-hydrogen) atoms. The molecule has 0 saturated carbocycles. The Kier molecular flexibility index (Phi) is 16.5. The molecular formula is C57H66ClN13O6S. The molecule has 0 radical (unpaired) electrons. The molecule has 2 aromatic heterocycles. The number of carbonyl (C=O) groups is 3. The maximum Gasteiger partial charge on any atom is 0.318 e. The van der Waals surface area contributed by atoms with E-state index < -0.39 is 5.91 Å². The van der Waals surface area contributed by atoms with E-state index in [1.807, 2.05) is 60.0 Å². The molecule has 10 rings (SSSR count). The van der Waals surface area contributed by atoms with Crippen molar-refractivity contribution >= 4 is 64.2 Å². The summed E-state index contributed by atoms with van der Waals surface area (Å²) in [6, 6.07) is 25.1. The number of benzene rings is 4. The monoisotopic (exact) mass is 1100 g/mol. The SMILES string of the molecule is CC(C)c1cc(-c2nnc(C(N)=O)n2-c2ccc(CN3CCC(C(=O)N4CCN(CCOc5nc6c(c(N7CCN(C(=O)CCS)[C@@H](CC#N)C7)n5)CCN(c5cccc7cccc(Cl)c57)C6)CC4)CC3)cc2)c(O)cc1O. The normalized spacial score (nSPS) is 17.6. The number of aromatic hydroxyl groups is 2. The second-order valence-corrected chi connectivity index (χ2v) is 21.8. The van der Waals surface area contributed by atoms with Gasteiger partial charge in [-0.2, -0.15) is 27.9 Å². The number of piperidine rings is 1. The third-order valence-electron chi connectivity index (χ3n) is 15.7. The Morgan fingerprint density at radius 3 is 2.36 bits per heavy atom. The summed E-state index contributed by atoms with van der Waals surface area (Å²) < 4.78 is 7.94. The van der Waals surface area contributed by atoms with Crippen LogP contribution in [0.15, 0.2) is 72.8 Å². The van der Waals surface area contributed by atoms with Crippen LogP contribution in [-0.4, -0.2) is 163 Å². The number of amides is 3. The summed E-state index contributed by atoms with van der Waals surface area (Å²) in [5.74, 6) is 0.500. The number of primary amides is 1. The number of fused-ring (bicyclic) bond motifs is 2. The number of carbonyl (C=O) groups excluding carboxylic acids is 3. The summed E-state index contributed by atoms with van der Waals surface area (Å²) in [4.78, 5) is 62.6. The Labute approximate surface area is 464 Å². The van der Waals surface area contributed by atoms with E-state index in [1.54, 1.807) is 6.07 Å². The summed E-state index contributed by atoms with van der Waals surface area (Å²) in [6.45, 7) is 12.6. The average molecular weight is 1100 g/mol. The Hall–Kier alpha value is -7.18. The zero-order chi connectivity index (χ0) is 54.6. The van der Waals surface area contributed by atoms with Crippen LogP contribution >= 0.6 is 24.2 Å². The highest BCUT2D eigenvalue weighted by Crippen LogP contribution is 2.40. The number of rotatable bonds is 16. The predicted octanol–water partition coefficient (Wildman–Crippen LogP) is 6.41. The van der Waals surface area contributed by atoms with Crippen molar-refractivity contribution < 1.29 is 29.3 Å². The van der Waals surface area contributed by atoms with Crippen LogP contribution in [0.25, 0.3) is 27.8 Å². The number of piperazine rings is 2. The number of phenolic OH excluding ortho intramolecular Hbond substituents is 2. The number of phenols is 2. The summed E-state index contributed by atoms with van der Waals surface area (Å²) in [5, 5.41) is 42.1. The van der Waals surface area contributed by atoms with E-state index in [0.717, 1.165) is 84.7 Å². The van der Waals surface area contributed by atoms with Gasteiger partial charge in [0.1, 0.15) is 23.9 Å². The van der Waals surface area contributed by atoms with Crippen LogP contribution in [-0.2, 0) is 29.1 Å². The molecule has 3 saturated heterocycles. The maximum absolute atomic E-state index is 13.9. The number of aromatic nitrogens is 5. The second kappa shape index (κ2) is 23.8. The Morgan fingerprint density at radius 1 is 0.885 bits per heavy atom. The summed E-state index contributed by atoms with van der Waals surface area (Å²) in [7, 11) is 0. The maximum atomic E-state index is 13.9. The molecule has 408 valence electrons. The Morgan fingerprint density at radius 2 is 1.64 bits per heavy atom. The number of hydrogen-bond donors (Lipinski definition) is 4. The van der Waals surface area contributed by atoms with Crippen LogP contribution in [0.3, 0.4) is 0 Å². The van der Waals surface area contributed by atoms with Crippen molar-refractivity contribution in [3.8, 4) is 40.7 Å². The van der Waals surface area contributed by atoms with Crippen molar-refractivity contribution in [2.24, 2.45) is 11.7 Å². The topological polar surface area (TPSA) is 227 Å². The summed E-state index contributed by atoms with van der Waals surface area (Å²) in [5.41, 5.74) is 11.3. The highest BCUT2D eigenvalue weighted by atomic mass is 35.5. The first kappa shape index (κ1) is 54.2. The molecule has 21 heteroatoms. The first-order chi connectivity index (χ1) is 37.8. The molecular weight excluding hydrogens is 1030 g/mol. The number of halogens is 1. The summed E-state index contributed by atoms with van der Waals surface area (Å²) >= 11 is 11.1. The van der Waals surface area contributed by atoms with Crippen LogP contribution in [0, 0.1) is 17.2 Å². The molecule has 0 spiro atoms. The number of ether oxygens (including phenoxy) is 1. The molecule has 6 heterocycles. The minimum atomic E-state index is -0.773. The molecule has 19 nitrogen and oxygen atoms in total. The zero-order valence-corrected chi connectivity index (χ0v) is 45.7. The molecule has 0 unspecified atom stereocenters. The van der Waals surface area contributed by atoms with Gasteiger partial charge < -0.3 is 40.3 Å². The second-order valence-electron chi connectivity index (χ2n) is 20.9. The number of nitrogens with two attached hydrogens (primary N) is 1. The van der Waals surface area contributed by atoms with E-state index in [-0.39, 0.29) is 65.3 Å². The largest absolute Gasteiger partial charge is 0.508 e. The number of thiol groups is 1. The van der Waals surface area contributed by atoms with Crippen LogP contribution in [0.2, 0.25) is 5.02 Å². The van der Waals surface area contributed by atoms with Crippen LogP contribution < -0.4 is 20.3 Å². The van der Waals surface area contributed by atoms with Crippen molar-refractivity contribution in [3.05, 3.63) is 106 Å². The predicted molar refractivity (Wildman–Crippen MR) is 301 cm³/mol. The number of hydrogen-bond acceptors (Lipinski definition) is 16. The molecule has 0 aliphatic carbocycles. The lowest BCUT2D eigenvalue weighted by Gasteiger charge is -2.42. The number of nitriles is 1. The molecule has 4 aliphatic heterocycles. The minimum Gasteiger partial charge on any atom is -0.508 e. The van der Waals surface area contributed by atoms with E-state index in [4.69, 9.17) is 32.0 Å². The number of anilines is 2. The molecule has 3 fully saturated rings.